The van der Waals surface area contributed by atoms with E-state index in [0.717, 1.165) is 15.4 Å². The highest BCUT2D eigenvalue weighted by Gasteiger charge is 2.28. The Morgan fingerprint density at radius 1 is 0.969 bits per heavy atom. The number of amides is 1. The standard InChI is InChI=1S/C24H24Cl2N2O3S/c1-17-8-10-23(11-9-17)32(30,31)28(22-13-20(25)12-21(26)14-22)16-24(29)27-15-18(2)19-6-4-3-5-7-19/h3-14,18H,15-16H2,1-2H3,(H,27,29)/t18-/m0/s1. The van der Waals surface area contributed by atoms with Crippen LogP contribution in [0.3, 0.4) is 0 Å². The molecule has 32 heavy (non-hydrogen) atoms. The smallest absolute Gasteiger partial charge is 0.264 e. The van der Waals surface area contributed by atoms with Gasteiger partial charge in [-0.05, 0) is 48.7 Å². The first kappa shape index (κ1) is 24.1. The van der Waals surface area contributed by atoms with Crippen LogP contribution in [0.5, 0.6) is 0 Å². The van der Waals surface area contributed by atoms with E-state index in [1.165, 1.54) is 30.3 Å². The minimum absolute atomic E-state index is 0.0721. The van der Waals surface area contributed by atoms with Gasteiger partial charge < -0.3 is 5.32 Å². The molecule has 0 saturated carbocycles. The summed E-state index contributed by atoms with van der Waals surface area (Å²) in [6.45, 7) is 3.82. The maximum Gasteiger partial charge on any atom is 0.264 e. The summed E-state index contributed by atoms with van der Waals surface area (Å²) in [5.74, 6) is -0.359. The Hall–Kier alpha value is -2.54. The van der Waals surface area contributed by atoms with Gasteiger partial charge in [-0.1, -0.05) is 78.2 Å². The Kier molecular flexibility index (Phi) is 7.82. The van der Waals surface area contributed by atoms with E-state index >= 15 is 0 Å². The Morgan fingerprint density at radius 3 is 2.16 bits per heavy atom. The Balaban J connectivity index is 1.85. The summed E-state index contributed by atoms with van der Waals surface area (Å²) in [6, 6.07) is 20.7. The molecule has 1 atom stereocenters. The molecule has 1 N–H and O–H groups in total. The first-order valence-electron chi connectivity index (χ1n) is 10.0. The molecule has 0 aliphatic heterocycles. The minimum Gasteiger partial charge on any atom is -0.354 e. The minimum atomic E-state index is -4.03. The largest absolute Gasteiger partial charge is 0.354 e. The fourth-order valence-corrected chi connectivity index (χ4v) is 5.11. The second-order valence-corrected chi connectivity index (χ2v) is 10.3. The van der Waals surface area contributed by atoms with E-state index in [4.69, 9.17) is 23.2 Å². The topological polar surface area (TPSA) is 66.5 Å². The molecule has 0 unspecified atom stereocenters. The quantitative estimate of drug-likeness (QED) is 0.458. The van der Waals surface area contributed by atoms with E-state index in [-0.39, 0.29) is 26.5 Å². The molecule has 3 aromatic rings. The maximum absolute atomic E-state index is 13.4. The molecule has 0 saturated heterocycles. The lowest BCUT2D eigenvalue weighted by molar-refractivity contribution is -0.119. The van der Waals surface area contributed by atoms with E-state index in [1.54, 1.807) is 12.1 Å². The van der Waals surface area contributed by atoms with Crippen molar-refractivity contribution in [1.82, 2.24) is 5.32 Å². The zero-order valence-electron chi connectivity index (χ0n) is 17.8. The Bertz CT molecular complexity index is 1160. The van der Waals surface area contributed by atoms with Crippen LogP contribution in [-0.2, 0) is 14.8 Å². The predicted octanol–water partition coefficient (Wildman–Crippen LogP) is 5.42. The highest BCUT2D eigenvalue weighted by atomic mass is 35.5. The van der Waals surface area contributed by atoms with E-state index in [2.05, 4.69) is 5.32 Å². The number of hydrogen-bond acceptors (Lipinski definition) is 3. The summed E-state index contributed by atoms with van der Waals surface area (Å²) in [6.07, 6.45) is 0. The van der Waals surface area contributed by atoms with E-state index in [1.807, 2.05) is 44.2 Å². The third-order valence-corrected chi connectivity index (χ3v) is 7.23. The Labute approximate surface area is 199 Å². The average molecular weight is 491 g/mol. The van der Waals surface area contributed by atoms with Crippen molar-refractivity contribution < 1.29 is 13.2 Å². The molecule has 1 amide bonds. The summed E-state index contributed by atoms with van der Waals surface area (Å²) in [7, 11) is -4.03. The van der Waals surface area contributed by atoms with Crippen LogP contribution in [0, 0.1) is 6.92 Å². The lowest BCUT2D eigenvalue weighted by Crippen LogP contribution is -2.41. The summed E-state index contributed by atoms with van der Waals surface area (Å²) in [4.78, 5) is 12.9. The van der Waals surface area contributed by atoms with E-state index in [0.29, 0.717) is 6.54 Å². The summed E-state index contributed by atoms with van der Waals surface area (Å²) < 4.78 is 27.9. The number of sulfonamides is 1. The second kappa shape index (κ2) is 10.4. The highest BCUT2D eigenvalue weighted by molar-refractivity contribution is 7.92. The average Bonchev–Trinajstić information content (AvgIpc) is 2.76. The number of anilines is 1. The van der Waals surface area contributed by atoms with Gasteiger partial charge in [0.1, 0.15) is 6.54 Å². The number of carbonyl (C=O) groups excluding carboxylic acids is 1. The maximum atomic E-state index is 13.4. The van der Waals surface area contributed by atoms with E-state index in [9.17, 15) is 13.2 Å². The number of nitrogens with zero attached hydrogens (tertiary/aromatic N) is 1. The molecule has 0 aliphatic carbocycles. The molecular weight excluding hydrogens is 467 g/mol. The number of carbonyl (C=O) groups is 1. The zero-order valence-corrected chi connectivity index (χ0v) is 20.1. The molecule has 0 spiro atoms. The SMILES string of the molecule is Cc1ccc(S(=O)(=O)N(CC(=O)NC[C@H](C)c2ccccc2)c2cc(Cl)cc(Cl)c2)cc1. The number of nitrogens with one attached hydrogen (secondary N) is 1. The van der Waals surface area contributed by atoms with Crippen molar-refractivity contribution in [2.24, 2.45) is 0 Å². The van der Waals surface area contributed by atoms with Crippen molar-refractivity contribution in [3.63, 3.8) is 0 Å². The number of rotatable bonds is 8. The number of hydrogen-bond donors (Lipinski definition) is 1. The molecule has 0 aromatic heterocycles. The molecular formula is C24H24Cl2N2O3S. The predicted molar refractivity (Wildman–Crippen MR) is 130 cm³/mol. The van der Waals surface area contributed by atoms with Gasteiger partial charge >= 0.3 is 0 Å². The molecule has 168 valence electrons. The van der Waals surface area contributed by atoms with Crippen LogP contribution >= 0.6 is 23.2 Å². The molecule has 8 heteroatoms. The first-order valence-corrected chi connectivity index (χ1v) is 12.2. The molecule has 3 aromatic carbocycles. The van der Waals surface area contributed by atoms with Crippen molar-refractivity contribution in [3.05, 3.63) is 94.0 Å². The van der Waals surface area contributed by atoms with Crippen LogP contribution in [0.4, 0.5) is 5.69 Å². The van der Waals surface area contributed by atoms with Gasteiger partial charge in [-0.15, -0.1) is 0 Å². The van der Waals surface area contributed by atoms with Crippen LogP contribution in [0.25, 0.3) is 0 Å². The summed E-state index contributed by atoms with van der Waals surface area (Å²) in [5, 5.41) is 3.38. The van der Waals surface area contributed by atoms with Crippen molar-refractivity contribution in [2.75, 3.05) is 17.4 Å². The van der Waals surface area contributed by atoms with Crippen LogP contribution in [-0.4, -0.2) is 27.4 Å². The third-order valence-electron chi connectivity index (χ3n) is 5.01. The van der Waals surface area contributed by atoms with Gasteiger partial charge in [0.05, 0.1) is 10.6 Å². The van der Waals surface area contributed by atoms with Crippen LogP contribution < -0.4 is 9.62 Å². The van der Waals surface area contributed by atoms with Crippen LogP contribution in [0.2, 0.25) is 10.0 Å². The van der Waals surface area contributed by atoms with Gasteiger partial charge in [-0.25, -0.2) is 8.42 Å². The van der Waals surface area contributed by atoms with Crippen molar-refractivity contribution in [2.45, 2.75) is 24.7 Å². The number of halogens is 2. The lowest BCUT2D eigenvalue weighted by atomic mass is 10.0. The zero-order chi connectivity index (χ0) is 23.3. The van der Waals surface area contributed by atoms with Gasteiger partial charge in [0, 0.05) is 16.6 Å². The normalized spacial score (nSPS) is 12.2. The van der Waals surface area contributed by atoms with Gasteiger partial charge in [-0.3, -0.25) is 9.10 Å². The second-order valence-electron chi connectivity index (χ2n) is 7.57. The molecule has 0 heterocycles. The van der Waals surface area contributed by atoms with Crippen molar-refractivity contribution >= 4 is 44.8 Å². The fourth-order valence-electron chi connectivity index (χ4n) is 3.19. The molecule has 5 nitrogen and oxygen atoms in total. The van der Waals surface area contributed by atoms with Gasteiger partial charge in [0.2, 0.25) is 5.91 Å². The van der Waals surface area contributed by atoms with Gasteiger partial charge in [0.25, 0.3) is 10.0 Å². The van der Waals surface area contributed by atoms with Crippen LogP contribution in [0.1, 0.15) is 24.0 Å². The molecule has 0 bridgehead atoms. The molecule has 0 fully saturated rings. The van der Waals surface area contributed by atoms with Crippen molar-refractivity contribution in [3.8, 4) is 0 Å². The fraction of sp³-hybridized carbons (Fsp3) is 0.208. The summed E-state index contributed by atoms with van der Waals surface area (Å²) in [5.41, 5.74) is 2.22. The van der Waals surface area contributed by atoms with Gasteiger partial charge in [0.15, 0.2) is 0 Å². The summed E-state index contributed by atoms with van der Waals surface area (Å²) >= 11 is 12.2. The molecule has 0 radical (unpaired) electrons. The first-order chi connectivity index (χ1) is 15.2. The third kappa shape index (κ3) is 6.03. The van der Waals surface area contributed by atoms with E-state index < -0.39 is 22.5 Å². The Morgan fingerprint density at radius 2 is 1.56 bits per heavy atom. The van der Waals surface area contributed by atoms with Gasteiger partial charge in [-0.2, -0.15) is 0 Å². The molecule has 3 rings (SSSR count). The number of aryl methyl sites for hydroxylation is 1. The van der Waals surface area contributed by atoms with Crippen LogP contribution in [0.15, 0.2) is 77.7 Å². The number of benzene rings is 3. The lowest BCUT2D eigenvalue weighted by Gasteiger charge is -2.25. The highest BCUT2D eigenvalue weighted by Crippen LogP contribution is 2.29. The van der Waals surface area contributed by atoms with Crippen molar-refractivity contribution in [1.29, 1.82) is 0 Å². The monoisotopic (exact) mass is 490 g/mol. The molecule has 0 aliphatic rings.